The van der Waals surface area contributed by atoms with E-state index < -0.39 is 0 Å². The predicted octanol–water partition coefficient (Wildman–Crippen LogP) is 3.32. The van der Waals surface area contributed by atoms with Crippen molar-refractivity contribution in [3.63, 3.8) is 0 Å². The summed E-state index contributed by atoms with van der Waals surface area (Å²) in [5.41, 5.74) is 0.922. The van der Waals surface area contributed by atoms with Gasteiger partial charge in [0, 0.05) is 19.1 Å². The number of aromatic nitrogens is 3. The van der Waals surface area contributed by atoms with Crippen LogP contribution in [0.25, 0.3) is 0 Å². The summed E-state index contributed by atoms with van der Waals surface area (Å²) in [5.74, 6) is 1.76. The van der Waals surface area contributed by atoms with Gasteiger partial charge in [0.1, 0.15) is 5.82 Å². The Kier molecular flexibility index (Phi) is 5.83. The number of benzene rings is 1. The molecular formula is C17H24ClN5O. The first kappa shape index (κ1) is 18.3. The van der Waals surface area contributed by atoms with E-state index in [2.05, 4.69) is 29.4 Å². The third kappa shape index (κ3) is 4.06. The Balaban J connectivity index is 2.10. The van der Waals surface area contributed by atoms with Crippen LogP contribution >= 0.6 is 11.6 Å². The minimum atomic E-state index is -0.172. The molecule has 24 heavy (non-hydrogen) atoms. The predicted molar refractivity (Wildman–Crippen MR) is 94.8 cm³/mol. The number of nitrogens with zero attached hydrogens (tertiary/aromatic N) is 4. The van der Waals surface area contributed by atoms with Crippen molar-refractivity contribution in [1.82, 2.24) is 25.0 Å². The highest BCUT2D eigenvalue weighted by Crippen LogP contribution is 2.28. The van der Waals surface area contributed by atoms with Crippen molar-refractivity contribution in [3.05, 3.63) is 46.5 Å². The molecule has 0 aliphatic rings. The maximum absolute atomic E-state index is 12.6. The number of hydrogen-bond donors (Lipinski definition) is 1. The van der Waals surface area contributed by atoms with Gasteiger partial charge in [0.05, 0.1) is 12.6 Å². The van der Waals surface area contributed by atoms with Crippen molar-refractivity contribution >= 4 is 17.6 Å². The Morgan fingerprint density at radius 2 is 2.00 bits per heavy atom. The normalized spacial score (nSPS) is 12.3. The molecule has 6 nitrogen and oxygen atoms in total. The van der Waals surface area contributed by atoms with Crippen molar-refractivity contribution in [2.45, 2.75) is 33.4 Å². The summed E-state index contributed by atoms with van der Waals surface area (Å²) in [6.07, 6.45) is 0. The van der Waals surface area contributed by atoms with Gasteiger partial charge in [0.25, 0.3) is 0 Å². The molecule has 2 aromatic rings. The van der Waals surface area contributed by atoms with Crippen LogP contribution in [0.3, 0.4) is 0 Å². The van der Waals surface area contributed by atoms with Gasteiger partial charge in [-0.2, -0.15) is 0 Å². The monoisotopic (exact) mass is 349 g/mol. The molecule has 1 atom stereocenters. The van der Waals surface area contributed by atoms with Crippen LogP contribution in [0.4, 0.5) is 4.79 Å². The second-order valence-corrected chi connectivity index (χ2v) is 6.68. The van der Waals surface area contributed by atoms with E-state index in [0.717, 1.165) is 17.2 Å². The number of rotatable bonds is 5. The zero-order valence-electron chi connectivity index (χ0n) is 14.7. The summed E-state index contributed by atoms with van der Waals surface area (Å²) in [5, 5.41) is 11.8. The molecule has 1 N–H and O–H groups in total. The van der Waals surface area contributed by atoms with Crippen LogP contribution in [0, 0.1) is 12.8 Å². The molecule has 0 saturated carbocycles. The fraction of sp³-hybridized carbons (Fsp3) is 0.471. The third-order valence-corrected chi connectivity index (χ3v) is 4.44. The van der Waals surface area contributed by atoms with Gasteiger partial charge in [-0.3, -0.25) is 0 Å². The Morgan fingerprint density at radius 1 is 1.33 bits per heavy atom. The summed E-state index contributed by atoms with van der Waals surface area (Å²) in [7, 11) is 3.63. The Labute approximate surface area is 147 Å². The van der Waals surface area contributed by atoms with Crippen molar-refractivity contribution in [2.75, 3.05) is 7.05 Å². The van der Waals surface area contributed by atoms with E-state index in [1.165, 1.54) is 0 Å². The zero-order valence-corrected chi connectivity index (χ0v) is 15.5. The average molecular weight is 350 g/mol. The van der Waals surface area contributed by atoms with Gasteiger partial charge in [-0.1, -0.05) is 43.6 Å². The maximum atomic E-state index is 12.6. The smallest absolute Gasteiger partial charge is 0.318 e. The van der Waals surface area contributed by atoms with E-state index in [1.807, 2.05) is 42.8 Å². The van der Waals surface area contributed by atoms with Gasteiger partial charge < -0.3 is 14.8 Å². The second-order valence-electron chi connectivity index (χ2n) is 6.27. The zero-order chi connectivity index (χ0) is 17.9. The topological polar surface area (TPSA) is 63.1 Å². The molecule has 2 rings (SSSR count). The largest absolute Gasteiger partial charge is 0.331 e. The molecule has 0 spiro atoms. The molecule has 0 aliphatic heterocycles. The second kappa shape index (κ2) is 7.66. The standard InChI is InChI=1S/C17H24ClN5O/c1-11(2)16(13-8-6-7-9-14(13)18)19-17(24)22(4)10-15-21-20-12(3)23(15)5/h6-9,11,16H,10H2,1-5H3,(H,19,24)/t16-/m0/s1. The lowest BCUT2D eigenvalue weighted by molar-refractivity contribution is 0.197. The molecule has 0 radical (unpaired) electrons. The van der Waals surface area contributed by atoms with Crippen molar-refractivity contribution in [3.8, 4) is 0 Å². The molecule has 0 unspecified atom stereocenters. The van der Waals surface area contributed by atoms with Gasteiger partial charge in [-0.05, 0) is 24.5 Å². The molecule has 1 aromatic heterocycles. The van der Waals surface area contributed by atoms with Gasteiger partial charge in [0.2, 0.25) is 0 Å². The lowest BCUT2D eigenvalue weighted by Gasteiger charge is -2.27. The number of nitrogens with one attached hydrogen (secondary N) is 1. The highest BCUT2D eigenvalue weighted by atomic mass is 35.5. The molecule has 1 aromatic carbocycles. The van der Waals surface area contributed by atoms with E-state index in [4.69, 9.17) is 11.6 Å². The van der Waals surface area contributed by atoms with E-state index >= 15 is 0 Å². The van der Waals surface area contributed by atoms with E-state index in [1.54, 1.807) is 11.9 Å². The molecular weight excluding hydrogens is 326 g/mol. The minimum Gasteiger partial charge on any atom is -0.331 e. The van der Waals surface area contributed by atoms with Gasteiger partial charge in [0.15, 0.2) is 5.82 Å². The Hall–Kier alpha value is -2.08. The number of urea groups is 1. The van der Waals surface area contributed by atoms with Crippen LogP contribution in [-0.2, 0) is 13.6 Å². The fourth-order valence-corrected chi connectivity index (χ4v) is 2.70. The number of carbonyl (C=O) groups is 1. The van der Waals surface area contributed by atoms with Crippen LogP contribution in [0.5, 0.6) is 0 Å². The first-order valence-corrected chi connectivity index (χ1v) is 8.30. The molecule has 1 heterocycles. The van der Waals surface area contributed by atoms with Crippen LogP contribution < -0.4 is 5.32 Å². The number of hydrogen-bond acceptors (Lipinski definition) is 3. The summed E-state index contributed by atoms with van der Waals surface area (Å²) in [6.45, 7) is 6.37. The van der Waals surface area contributed by atoms with Gasteiger partial charge in [-0.15, -0.1) is 10.2 Å². The summed E-state index contributed by atoms with van der Waals surface area (Å²) in [6, 6.07) is 7.26. The van der Waals surface area contributed by atoms with Crippen LogP contribution in [0.1, 0.15) is 37.1 Å². The van der Waals surface area contributed by atoms with Crippen LogP contribution in [0.15, 0.2) is 24.3 Å². The number of carbonyl (C=O) groups excluding carboxylic acids is 1. The molecule has 2 amide bonds. The molecule has 130 valence electrons. The lowest BCUT2D eigenvalue weighted by atomic mass is 9.96. The Bertz CT molecular complexity index is 713. The SMILES string of the molecule is Cc1nnc(CN(C)C(=O)N[C@H](c2ccccc2Cl)C(C)C)n1C. The molecule has 0 aliphatic carbocycles. The quantitative estimate of drug-likeness (QED) is 0.900. The first-order chi connectivity index (χ1) is 11.3. The van der Waals surface area contributed by atoms with Crippen molar-refractivity contribution in [2.24, 2.45) is 13.0 Å². The molecule has 0 saturated heterocycles. The van der Waals surface area contributed by atoms with E-state index in [0.29, 0.717) is 11.6 Å². The minimum absolute atomic E-state index is 0.158. The molecule has 0 fully saturated rings. The van der Waals surface area contributed by atoms with Crippen LogP contribution in [0.2, 0.25) is 5.02 Å². The number of aryl methyl sites for hydroxylation is 1. The fourth-order valence-electron chi connectivity index (χ4n) is 2.45. The highest BCUT2D eigenvalue weighted by Gasteiger charge is 2.23. The van der Waals surface area contributed by atoms with Gasteiger partial charge >= 0.3 is 6.03 Å². The van der Waals surface area contributed by atoms with Crippen LogP contribution in [-0.4, -0.2) is 32.7 Å². The summed E-state index contributed by atoms with van der Waals surface area (Å²) in [4.78, 5) is 14.2. The lowest BCUT2D eigenvalue weighted by Crippen LogP contribution is -2.41. The van der Waals surface area contributed by atoms with E-state index in [9.17, 15) is 4.79 Å². The molecule has 0 bridgehead atoms. The number of halogens is 1. The van der Waals surface area contributed by atoms with Crippen molar-refractivity contribution < 1.29 is 4.79 Å². The van der Waals surface area contributed by atoms with Crippen molar-refractivity contribution in [1.29, 1.82) is 0 Å². The highest BCUT2D eigenvalue weighted by molar-refractivity contribution is 6.31. The number of amides is 2. The summed E-state index contributed by atoms with van der Waals surface area (Å²) < 4.78 is 1.87. The van der Waals surface area contributed by atoms with Gasteiger partial charge in [-0.25, -0.2) is 4.79 Å². The van der Waals surface area contributed by atoms with E-state index in [-0.39, 0.29) is 18.0 Å². The summed E-state index contributed by atoms with van der Waals surface area (Å²) >= 11 is 6.29. The maximum Gasteiger partial charge on any atom is 0.318 e. The third-order valence-electron chi connectivity index (χ3n) is 4.09. The average Bonchev–Trinajstić information content (AvgIpc) is 2.85. The first-order valence-electron chi connectivity index (χ1n) is 7.92. The Morgan fingerprint density at radius 3 is 2.54 bits per heavy atom. The molecule has 7 heteroatoms.